The first-order chi connectivity index (χ1) is 17.4. The predicted molar refractivity (Wildman–Crippen MR) is 137 cm³/mol. The summed E-state index contributed by atoms with van der Waals surface area (Å²) in [7, 11) is 0. The van der Waals surface area contributed by atoms with Crippen molar-refractivity contribution in [2.75, 3.05) is 29.9 Å². The lowest BCUT2D eigenvalue weighted by Gasteiger charge is -2.30. The Labute approximate surface area is 215 Å². The number of amides is 4. The van der Waals surface area contributed by atoms with Crippen LogP contribution in [0, 0.1) is 0 Å². The summed E-state index contributed by atoms with van der Waals surface area (Å²) in [5, 5.41) is 5.84. The van der Waals surface area contributed by atoms with Gasteiger partial charge in [-0.2, -0.15) is 0 Å². The van der Waals surface area contributed by atoms with Gasteiger partial charge in [-0.15, -0.1) is 0 Å². The number of likely N-dealkylation sites (tertiary alicyclic amines) is 1. The Morgan fingerprint density at radius 2 is 1.67 bits per heavy atom. The molecule has 2 saturated heterocycles. The van der Waals surface area contributed by atoms with E-state index in [-0.39, 0.29) is 18.2 Å². The molecule has 9 nitrogen and oxygen atoms in total. The van der Waals surface area contributed by atoms with Gasteiger partial charge in [0.1, 0.15) is 11.9 Å². The first-order valence-electron chi connectivity index (χ1n) is 12.3. The maximum atomic E-state index is 13.2. The van der Waals surface area contributed by atoms with Crippen LogP contribution in [0.4, 0.5) is 11.5 Å². The third-order valence-electron chi connectivity index (χ3n) is 6.42. The molecule has 4 amide bonds. The molecule has 1 unspecified atom stereocenters. The zero-order valence-corrected chi connectivity index (χ0v) is 20.8. The Bertz CT molecular complexity index is 1100. The van der Waals surface area contributed by atoms with Crippen molar-refractivity contribution in [1.29, 1.82) is 0 Å². The van der Waals surface area contributed by atoms with Crippen molar-refractivity contribution in [2.45, 2.75) is 51.0 Å². The average molecular weight is 512 g/mol. The number of carbonyl (C=O) groups excluding carboxylic acids is 4. The van der Waals surface area contributed by atoms with Gasteiger partial charge < -0.3 is 20.4 Å². The van der Waals surface area contributed by atoms with Crippen LogP contribution in [0.25, 0.3) is 0 Å². The Morgan fingerprint density at radius 1 is 0.944 bits per heavy atom. The largest absolute Gasteiger partial charge is 0.341 e. The number of pyridine rings is 1. The van der Waals surface area contributed by atoms with Crippen molar-refractivity contribution >= 4 is 46.7 Å². The van der Waals surface area contributed by atoms with E-state index in [2.05, 4.69) is 15.6 Å². The number of rotatable bonds is 7. The van der Waals surface area contributed by atoms with Crippen molar-refractivity contribution in [2.24, 2.45) is 0 Å². The highest BCUT2D eigenvalue weighted by Crippen LogP contribution is 2.21. The van der Waals surface area contributed by atoms with Gasteiger partial charge in [-0.3, -0.25) is 19.2 Å². The van der Waals surface area contributed by atoms with E-state index in [9.17, 15) is 19.2 Å². The van der Waals surface area contributed by atoms with Crippen LogP contribution < -0.4 is 15.5 Å². The quantitative estimate of drug-likeness (QED) is 0.591. The molecule has 0 saturated carbocycles. The van der Waals surface area contributed by atoms with Gasteiger partial charge in [0, 0.05) is 43.5 Å². The summed E-state index contributed by atoms with van der Waals surface area (Å²) in [6, 6.07) is 8.88. The fourth-order valence-electron chi connectivity index (χ4n) is 4.48. The molecule has 36 heavy (non-hydrogen) atoms. The molecule has 1 atom stereocenters. The number of hydrogen-bond donors (Lipinski definition) is 2. The van der Waals surface area contributed by atoms with Gasteiger partial charge in [-0.25, -0.2) is 4.98 Å². The Hall–Kier alpha value is -3.46. The molecule has 1 aromatic carbocycles. The van der Waals surface area contributed by atoms with Gasteiger partial charge in [-0.1, -0.05) is 11.6 Å². The second-order valence-corrected chi connectivity index (χ2v) is 9.51. The number of halogens is 1. The monoisotopic (exact) mass is 511 g/mol. The number of carbonyl (C=O) groups is 4. The molecule has 2 aliphatic heterocycles. The molecule has 0 spiro atoms. The van der Waals surface area contributed by atoms with Crippen LogP contribution in [-0.4, -0.2) is 59.2 Å². The second-order valence-electron chi connectivity index (χ2n) is 9.08. The topological polar surface area (TPSA) is 112 Å². The van der Waals surface area contributed by atoms with E-state index < -0.39 is 17.9 Å². The lowest BCUT2D eigenvalue weighted by Crippen LogP contribution is -2.51. The standard InChI is InChI=1S/C26H30ClN5O4/c27-19-9-12-22(28-17-19)30-23(33)16-21(26(36)31-13-3-1-4-14-31)29-25(35)18-7-10-20(11-8-18)32-15-5-2-6-24(32)34/h7-12,17,21H,1-6,13-16H2,(H,29,35)(H,28,30,33). The Kier molecular flexibility index (Phi) is 8.53. The molecule has 3 heterocycles. The molecular formula is C26H30ClN5O4. The first kappa shape index (κ1) is 25.6. The lowest BCUT2D eigenvalue weighted by molar-refractivity contribution is -0.136. The highest BCUT2D eigenvalue weighted by Gasteiger charge is 2.29. The summed E-state index contributed by atoms with van der Waals surface area (Å²) in [6.07, 6.45) is 6.38. The van der Waals surface area contributed by atoms with Gasteiger partial charge >= 0.3 is 0 Å². The van der Waals surface area contributed by atoms with Gasteiger partial charge in [-0.05, 0) is 68.5 Å². The number of benzene rings is 1. The molecule has 1 aromatic heterocycles. The van der Waals surface area contributed by atoms with Crippen LogP contribution in [-0.2, 0) is 14.4 Å². The van der Waals surface area contributed by atoms with Gasteiger partial charge in [0.2, 0.25) is 17.7 Å². The van der Waals surface area contributed by atoms with Gasteiger partial charge in [0.05, 0.1) is 11.4 Å². The first-order valence-corrected chi connectivity index (χ1v) is 12.7. The Balaban J connectivity index is 1.45. The maximum Gasteiger partial charge on any atom is 0.251 e. The molecule has 2 aromatic rings. The summed E-state index contributed by atoms with van der Waals surface area (Å²) >= 11 is 5.84. The van der Waals surface area contributed by atoms with E-state index in [4.69, 9.17) is 11.6 Å². The number of anilines is 2. The fraction of sp³-hybridized carbons (Fsp3) is 0.423. The fourth-order valence-corrected chi connectivity index (χ4v) is 4.59. The van der Waals surface area contributed by atoms with Crippen molar-refractivity contribution < 1.29 is 19.2 Å². The molecule has 0 bridgehead atoms. The maximum absolute atomic E-state index is 13.2. The second kappa shape index (κ2) is 12.0. The molecule has 2 N–H and O–H groups in total. The average Bonchev–Trinajstić information content (AvgIpc) is 2.90. The Morgan fingerprint density at radius 3 is 2.33 bits per heavy atom. The number of aromatic nitrogens is 1. The summed E-state index contributed by atoms with van der Waals surface area (Å²) in [5.41, 5.74) is 1.09. The van der Waals surface area contributed by atoms with Crippen molar-refractivity contribution in [3.05, 3.63) is 53.2 Å². The van der Waals surface area contributed by atoms with Crippen molar-refractivity contribution in [1.82, 2.24) is 15.2 Å². The third-order valence-corrected chi connectivity index (χ3v) is 6.64. The summed E-state index contributed by atoms with van der Waals surface area (Å²) in [4.78, 5) is 58.7. The highest BCUT2D eigenvalue weighted by atomic mass is 35.5. The highest BCUT2D eigenvalue weighted by molar-refractivity contribution is 6.30. The van der Waals surface area contributed by atoms with Crippen LogP contribution in [0.15, 0.2) is 42.6 Å². The van der Waals surface area contributed by atoms with E-state index in [1.54, 1.807) is 46.2 Å². The minimum Gasteiger partial charge on any atom is -0.341 e. The molecule has 2 aliphatic rings. The zero-order valence-electron chi connectivity index (χ0n) is 20.0. The molecule has 4 rings (SSSR count). The molecule has 0 radical (unpaired) electrons. The number of hydrogen-bond acceptors (Lipinski definition) is 5. The van der Waals surface area contributed by atoms with E-state index in [0.717, 1.165) is 37.8 Å². The summed E-state index contributed by atoms with van der Waals surface area (Å²) in [5.74, 6) is -0.800. The van der Waals surface area contributed by atoms with Gasteiger partial charge in [0.15, 0.2) is 0 Å². The van der Waals surface area contributed by atoms with E-state index in [1.165, 1.54) is 6.20 Å². The minimum atomic E-state index is -1.02. The van der Waals surface area contributed by atoms with Gasteiger partial charge in [0.25, 0.3) is 5.91 Å². The van der Waals surface area contributed by atoms with Crippen LogP contribution >= 0.6 is 11.6 Å². The van der Waals surface area contributed by atoms with Crippen LogP contribution in [0.5, 0.6) is 0 Å². The smallest absolute Gasteiger partial charge is 0.251 e. The molecule has 190 valence electrons. The number of nitrogens with one attached hydrogen (secondary N) is 2. The summed E-state index contributed by atoms with van der Waals surface area (Å²) in [6.45, 7) is 1.86. The summed E-state index contributed by atoms with van der Waals surface area (Å²) < 4.78 is 0. The van der Waals surface area contributed by atoms with Crippen LogP contribution in [0.1, 0.15) is 55.3 Å². The number of nitrogens with zero attached hydrogens (tertiary/aromatic N) is 3. The normalized spacial score (nSPS) is 16.9. The lowest BCUT2D eigenvalue weighted by atomic mass is 10.1. The molecule has 10 heteroatoms. The molecular weight excluding hydrogens is 482 g/mol. The SMILES string of the molecule is O=C(CC(NC(=O)c1ccc(N2CCCCC2=O)cc1)C(=O)N1CCCCC1)Nc1ccc(Cl)cn1. The van der Waals surface area contributed by atoms with E-state index >= 15 is 0 Å². The van der Waals surface area contributed by atoms with E-state index in [0.29, 0.717) is 42.5 Å². The van der Waals surface area contributed by atoms with E-state index in [1.807, 2.05) is 0 Å². The van der Waals surface area contributed by atoms with Crippen LogP contribution in [0.3, 0.4) is 0 Å². The number of piperidine rings is 2. The van der Waals surface area contributed by atoms with Crippen LogP contribution in [0.2, 0.25) is 5.02 Å². The zero-order chi connectivity index (χ0) is 25.5. The third kappa shape index (κ3) is 6.60. The molecule has 0 aliphatic carbocycles. The predicted octanol–water partition coefficient (Wildman–Crippen LogP) is 3.39. The van der Waals surface area contributed by atoms with Crippen molar-refractivity contribution in [3.63, 3.8) is 0 Å². The minimum absolute atomic E-state index is 0.0758. The van der Waals surface area contributed by atoms with Crippen molar-refractivity contribution in [3.8, 4) is 0 Å². The molecule has 2 fully saturated rings.